The van der Waals surface area contributed by atoms with Gasteiger partial charge in [-0.1, -0.05) is 29.0 Å². The zero-order chi connectivity index (χ0) is 23.6. The van der Waals surface area contributed by atoms with Gasteiger partial charge in [0.2, 0.25) is 15.0 Å². The number of hydrogen-bond acceptors (Lipinski definition) is 7. The average molecular weight is 487 g/mol. The molecule has 1 atom stereocenters. The third kappa shape index (κ3) is 5.07. The average Bonchev–Trinajstić information content (AvgIpc) is 3.30. The lowest BCUT2D eigenvalue weighted by Crippen LogP contribution is -2.39. The molecule has 33 heavy (non-hydrogen) atoms. The number of nitrogens with zero attached hydrogens (tertiary/aromatic N) is 3. The summed E-state index contributed by atoms with van der Waals surface area (Å²) in [7, 11) is -2.03. The fourth-order valence-electron chi connectivity index (χ4n) is 3.94. The summed E-state index contributed by atoms with van der Waals surface area (Å²) in [6.07, 6.45) is 1.52. The van der Waals surface area contributed by atoms with E-state index in [2.05, 4.69) is 15.5 Å². The van der Waals surface area contributed by atoms with Gasteiger partial charge in [-0.05, 0) is 62.6 Å². The maximum absolute atomic E-state index is 13.3. The van der Waals surface area contributed by atoms with Crippen LogP contribution in [0.4, 0.5) is 5.69 Å². The van der Waals surface area contributed by atoms with Crippen molar-refractivity contribution in [2.45, 2.75) is 37.5 Å². The Hall–Kier alpha value is -2.82. The predicted octanol–water partition coefficient (Wildman–Crippen LogP) is 3.98. The number of methoxy groups -OCH3 is 1. The summed E-state index contributed by atoms with van der Waals surface area (Å²) in [4.78, 5) is 12.9. The van der Waals surface area contributed by atoms with E-state index in [0.717, 1.165) is 24.0 Å². The minimum atomic E-state index is -3.61. The first-order valence-electron chi connectivity index (χ1n) is 10.6. The third-order valence-electron chi connectivity index (χ3n) is 5.66. The van der Waals surface area contributed by atoms with Crippen LogP contribution in [0.5, 0.6) is 5.75 Å². The van der Waals surface area contributed by atoms with Crippen LogP contribution >= 0.6 is 11.3 Å². The van der Waals surface area contributed by atoms with Crippen molar-refractivity contribution in [1.82, 2.24) is 14.5 Å². The highest BCUT2D eigenvalue weighted by Crippen LogP contribution is 2.33. The molecule has 1 amide bonds. The van der Waals surface area contributed by atoms with Crippen LogP contribution in [-0.4, -0.2) is 49.0 Å². The Morgan fingerprint density at radius 3 is 2.61 bits per heavy atom. The molecule has 1 unspecified atom stereocenters. The van der Waals surface area contributed by atoms with Crippen molar-refractivity contribution in [3.8, 4) is 5.75 Å². The molecule has 10 heteroatoms. The number of carbonyl (C=O) groups is 1. The number of aryl methyl sites for hydroxylation is 2. The van der Waals surface area contributed by atoms with Crippen LogP contribution in [0.2, 0.25) is 0 Å². The summed E-state index contributed by atoms with van der Waals surface area (Å²) in [5, 5.41) is 12.0. The lowest BCUT2D eigenvalue weighted by Gasteiger charge is -2.31. The van der Waals surface area contributed by atoms with Gasteiger partial charge in [0.15, 0.2) is 0 Å². The molecule has 3 aromatic rings. The van der Waals surface area contributed by atoms with E-state index in [0.29, 0.717) is 34.4 Å². The Morgan fingerprint density at radius 2 is 1.91 bits per heavy atom. The molecule has 0 saturated carbocycles. The Kier molecular flexibility index (Phi) is 6.78. The summed E-state index contributed by atoms with van der Waals surface area (Å²) in [5.41, 5.74) is 2.39. The summed E-state index contributed by atoms with van der Waals surface area (Å²) >= 11 is 1.21. The van der Waals surface area contributed by atoms with E-state index in [1.165, 1.54) is 15.6 Å². The Balaban J connectivity index is 1.47. The van der Waals surface area contributed by atoms with E-state index in [1.807, 2.05) is 26.0 Å². The molecule has 1 aromatic heterocycles. The van der Waals surface area contributed by atoms with Crippen molar-refractivity contribution in [2.24, 2.45) is 0 Å². The molecule has 1 aliphatic heterocycles. The summed E-state index contributed by atoms with van der Waals surface area (Å²) in [6, 6.07) is 12.4. The number of benzene rings is 2. The van der Waals surface area contributed by atoms with Gasteiger partial charge in [-0.25, -0.2) is 8.42 Å². The lowest BCUT2D eigenvalue weighted by molar-refractivity contribution is 0.102. The van der Waals surface area contributed by atoms with Crippen molar-refractivity contribution in [1.29, 1.82) is 0 Å². The number of sulfonamides is 1. The largest absolute Gasteiger partial charge is 0.497 e. The number of ether oxygens (including phenoxy) is 1. The number of carbonyl (C=O) groups excluding carboxylic acids is 1. The van der Waals surface area contributed by atoms with Gasteiger partial charge < -0.3 is 10.1 Å². The van der Waals surface area contributed by atoms with Crippen LogP contribution in [0.15, 0.2) is 47.4 Å². The Bertz CT molecular complexity index is 1260. The first-order valence-corrected chi connectivity index (χ1v) is 12.9. The number of anilines is 1. The highest BCUT2D eigenvalue weighted by molar-refractivity contribution is 7.89. The van der Waals surface area contributed by atoms with Crippen LogP contribution < -0.4 is 10.1 Å². The molecule has 4 rings (SSSR count). The van der Waals surface area contributed by atoms with Gasteiger partial charge in [0.25, 0.3) is 5.91 Å². The molecule has 2 heterocycles. The van der Waals surface area contributed by atoms with E-state index in [4.69, 9.17) is 4.74 Å². The van der Waals surface area contributed by atoms with Crippen LogP contribution in [0.3, 0.4) is 0 Å². The molecule has 0 spiro atoms. The van der Waals surface area contributed by atoms with Gasteiger partial charge in [0, 0.05) is 24.7 Å². The minimum absolute atomic E-state index is 0.0979. The molecular formula is C23H26N4O4S2. The maximum Gasteiger partial charge on any atom is 0.286 e. The van der Waals surface area contributed by atoms with Crippen LogP contribution in [-0.2, 0) is 10.0 Å². The minimum Gasteiger partial charge on any atom is -0.497 e. The molecule has 1 N–H and O–H groups in total. The molecule has 1 saturated heterocycles. The lowest BCUT2D eigenvalue weighted by atomic mass is 10.0. The number of nitrogens with one attached hydrogen (secondary N) is 1. The van der Waals surface area contributed by atoms with Crippen LogP contribution in [0.25, 0.3) is 0 Å². The van der Waals surface area contributed by atoms with Crippen LogP contribution in [0, 0.1) is 13.8 Å². The smallest absolute Gasteiger partial charge is 0.286 e. The van der Waals surface area contributed by atoms with Gasteiger partial charge in [0.05, 0.1) is 12.0 Å². The van der Waals surface area contributed by atoms with Crippen molar-refractivity contribution in [2.75, 3.05) is 25.5 Å². The van der Waals surface area contributed by atoms with Gasteiger partial charge >= 0.3 is 0 Å². The molecule has 8 nitrogen and oxygen atoms in total. The molecule has 2 aromatic carbocycles. The fourth-order valence-corrected chi connectivity index (χ4v) is 6.53. The second kappa shape index (κ2) is 9.58. The van der Waals surface area contributed by atoms with Gasteiger partial charge in [-0.2, -0.15) is 4.31 Å². The van der Waals surface area contributed by atoms with E-state index < -0.39 is 10.0 Å². The molecule has 0 radical (unpaired) electrons. The molecule has 174 valence electrons. The fraction of sp³-hybridized carbons (Fsp3) is 0.348. The molecule has 0 bridgehead atoms. The topological polar surface area (TPSA) is 101 Å². The van der Waals surface area contributed by atoms with Crippen molar-refractivity contribution >= 4 is 33.0 Å². The molecule has 1 aliphatic rings. The predicted molar refractivity (Wildman–Crippen MR) is 128 cm³/mol. The number of aromatic nitrogens is 2. The van der Waals surface area contributed by atoms with Crippen molar-refractivity contribution in [3.63, 3.8) is 0 Å². The number of amides is 1. The quantitative estimate of drug-likeness (QED) is 0.565. The maximum atomic E-state index is 13.3. The number of hydrogen-bond donors (Lipinski definition) is 1. The molecule has 0 aliphatic carbocycles. The van der Waals surface area contributed by atoms with Gasteiger partial charge in [0.1, 0.15) is 10.8 Å². The van der Waals surface area contributed by atoms with E-state index >= 15 is 0 Å². The van der Waals surface area contributed by atoms with Gasteiger partial charge in [-0.15, -0.1) is 10.2 Å². The van der Waals surface area contributed by atoms with E-state index in [1.54, 1.807) is 37.4 Å². The second-order valence-corrected chi connectivity index (χ2v) is 11.0. The number of piperidine rings is 1. The highest BCUT2D eigenvalue weighted by Gasteiger charge is 2.33. The Labute approximate surface area is 197 Å². The third-order valence-corrected chi connectivity index (χ3v) is 8.77. The summed E-state index contributed by atoms with van der Waals surface area (Å²) in [5.74, 6) is 0.252. The van der Waals surface area contributed by atoms with E-state index in [9.17, 15) is 13.2 Å². The highest BCUT2D eigenvalue weighted by atomic mass is 32.2. The van der Waals surface area contributed by atoms with E-state index in [-0.39, 0.29) is 16.8 Å². The first-order chi connectivity index (χ1) is 15.8. The van der Waals surface area contributed by atoms with Crippen molar-refractivity contribution in [3.05, 3.63) is 63.6 Å². The van der Waals surface area contributed by atoms with Gasteiger partial charge in [-0.3, -0.25) is 4.79 Å². The molecule has 1 fully saturated rings. The zero-order valence-electron chi connectivity index (χ0n) is 18.7. The zero-order valence-corrected chi connectivity index (χ0v) is 20.4. The number of rotatable bonds is 6. The second-order valence-electron chi connectivity index (χ2n) is 8.10. The Morgan fingerprint density at radius 1 is 1.15 bits per heavy atom. The summed E-state index contributed by atoms with van der Waals surface area (Å²) < 4.78 is 33.2. The monoisotopic (exact) mass is 486 g/mol. The SMILES string of the molecule is COc1ccc(NC(=O)c2nnc(C3CCCN(S(=O)(=O)c4ccc(C)cc4C)C3)s2)cc1. The van der Waals surface area contributed by atoms with Crippen LogP contribution in [0.1, 0.15) is 44.7 Å². The first kappa shape index (κ1) is 23.3. The summed E-state index contributed by atoms with van der Waals surface area (Å²) in [6.45, 7) is 4.55. The van der Waals surface area contributed by atoms with Crippen molar-refractivity contribution < 1.29 is 17.9 Å². The standard InChI is InChI=1S/C23H26N4O4S2/c1-15-6-11-20(16(2)13-15)33(29,30)27-12-4-5-17(14-27)22-25-26-23(32-22)21(28)24-18-7-9-19(31-3)10-8-18/h6-11,13,17H,4-5,12,14H2,1-3H3,(H,24,28). The normalized spacial score (nSPS) is 17.0. The molecular weight excluding hydrogens is 460 g/mol.